The molecule has 1 aliphatic carbocycles. The molecule has 1 fully saturated rings. The molecule has 0 aromatic carbocycles. The van der Waals surface area contributed by atoms with E-state index in [2.05, 4.69) is 0 Å². The lowest BCUT2D eigenvalue weighted by Gasteiger charge is -2.34. The van der Waals surface area contributed by atoms with Crippen LogP contribution in [0.4, 0.5) is 0 Å². The predicted octanol–water partition coefficient (Wildman–Crippen LogP) is 2.97. The first-order valence-corrected chi connectivity index (χ1v) is 7.96. The maximum absolute atomic E-state index is 12.6. The summed E-state index contributed by atoms with van der Waals surface area (Å²) in [5.74, 6) is -0.739. The maximum Gasteiger partial charge on any atom is 0.357 e. The Morgan fingerprint density at radius 3 is 2.50 bits per heavy atom. The highest BCUT2D eigenvalue weighted by molar-refractivity contribution is 7.90. The number of carboxylic acid groups (broad SMARTS) is 1. The van der Waals surface area contributed by atoms with E-state index in [-0.39, 0.29) is 11.6 Å². The van der Waals surface area contributed by atoms with Crippen LogP contribution in [0.2, 0.25) is 0 Å². The molecular weight excluding hydrogens is 274 g/mol. The molecule has 1 unspecified atom stereocenters. The fraction of sp³-hybridized carbons (Fsp3) is 0.533. The zero-order valence-corrected chi connectivity index (χ0v) is 12.9. The first-order chi connectivity index (χ1) is 9.32. The molecule has 1 saturated carbocycles. The second-order valence-electron chi connectivity index (χ2n) is 6.12. The largest absolute Gasteiger partial charge is 0.592 e. The fourth-order valence-electron chi connectivity index (χ4n) is 2.27. The highest BCUT2D eigenvalue weighted by Gasteiger charge is 2.39. The maximum atomic E-state index is 12.6. The second-order valence-corrected chi connectivity index (χ2v) is 8.24. The molecule has 0 aromatic heterocycles. The van der Waals surface area contributed by atoms with Crippen LogP contribution in [0.1, 0.15) is 40.0 Å². The van der Waals surface area contributed by atoms with Gasteiger partial charge in [0.2, 0.25) is 0 Å². The van der Waals surface area contributed by atoms with E-state index in [0.717, 1.165) is 24.8 Å². The first kappa shape index (κ1) is 15.2. The minimum Gasteiger partial charge on any atom is -0.592 e. The summed E-state index contributed by atoms with van der Waals surface area (Å²) in [5.41, 5.74) is 0.958. The minimum absolute atomic E-state index is 0.160. The lowest BCUT2D eigenvalue weighted by Crippen LogP contribution is -2.42. The molecule has 4 nitrogen and oxygen atoms in total. The summed E-state index contributed by atoms with van der Waals surface area (Å²) < 4.78 is 13.5. The SMILES string of the molecule is CC(C)(C)[S+]([O-])N1C=CC=CC(C2CCC2)=C1C(=O)O. The molecule has 20 heavy (non-hydrogen) atoms. The Hall–Kier alpha value is -1.20. The predicted molar refractivity (Wildman–Crippen MR) is 80.0 cm³/mol. The average molecular weight is 295 g/mol. The lowest BCUT2D eigenvalue weighted by molar-refractivity contribution is -0.133. The molecule has 1 N–H and O–H groups in total. The van der Waals surface area contributed by atoms with Crippen molar-refractivity contribution in [2.75, 3.05) is 0 Å². The molecule has 2 aliphatic rings. The molecule has 2 rings (SSSR count). The van der Waals surface area contributed by atoms with E-state index >= 15 is 0 Å². The van der Waals surface area contributed by atoms with Gasteiger partial charge in [-0.05, 0) is 51.2 Å². The van der Waals surface area contributed by atoms with Gasteiger partial charge in [-0.15, -0.1) is 0 Å². The molecule has 5 heteroatoms. The monoisotopic (exact) mass is 295 g/mol. The van der Waals surface area contributed by atoms with Crippen molar-refractivity contribution in [2.24, 2.45) is 5.92 Å². The van der Waals surface area contributed by atoms with E-state index in [4.69, 9.17) is 0 Å². The van der Waals surface area contributed by atoms with Crippen LogP contribution in [-0.2, 0) is 16.2 Å². The van der Waals surface area contributed by atoms with E-state index in [1.54, 1.807) is 12.3 Å². The molecule has 0 radical (unpaired) electrons. The van der Waals surface area contributed by atoms with Crippen LogP contribution in [0.15, 0.2) is 35.7 Å². The summed E-state index contributed by atoms with van der Waals surface area (Å²) >= 11 is -1.43. The van der Waals surface area contributed by atoms with Gasteiger partial charge in [-0.3, -0.25) is 0 Å². The molecule has 1 heterocycles. The van der Waals surface area contributed by atoms with Gasteiger partial charge in [0.05, 0.1) is 17.6 Å². The van der Waals surface area contributed by atoms with Crippen LogP contribution in [-0.4, -0.2) is 24.7 Å². The Morgan fingerprint density at radius 2 is 2.05 bits per heavy atom. The van der Waals surface area contributed by atoms with Gasteiger partial charge in [0.15, 0.2) is 5.70 Å². The molecule has 0 spiro atoms. The van der Waals surface area contributed by atoms with Crippen LogP contribution in [0.5, 0.6) is 0 Å². The van der Waals surface area contributed by atoms with Crippen molar-refractivity contribution < 1.29 is 14.5 Å². The number of rotatable bonds is 3. The van der Waals surface area contributed by atoms with Crippen molar-refractivity contribution in [3.05, 3.63) is 35.7 Å². The van der Waals surface area contributed by atoms with Crippen LogP contribution < -0.4 is 0 Å². The van der Waals surface area contributed by atoms with Gasteiger partial charge < -0.3 is 9.66 Å². The highest BCUT2D eigenvalue weighted by Crippen LogP contribution is 2.38. The number of aliphatic carboxylic acids is 1. The van der Waals surface area contributed by atoms with Crippen LogP contribution >= 0.6 is 0 Å². The zero-order chi connectivity index (χ0) is 14.9. The molecule has 0 amide bonds. The average Bonchev–Trinajstić information content (AvgIpc) is 2.47. The van der Waals surface area contributed by atoms with E-state index in [0.29, 0.717) is 0 Å². The molecule has 1 atom stereocenters. The van der Waals surface area contributed by atoms with Gasteiger partial charge in [-0.2, -0.15) is 4.31 Å². The number of nitrogens with zero attached hydrogens (tertiary/aromatic N) is 1. The molecule has 110 valence electrons. The third-order valence-corrected chi connectivity index (χ3v) is 5.26. The number of hydrogen-bond donors (Lipinski definition) is 1. The van der Waals surface area contributed by atoms with Crippen molar-refractivity contribution in [1.29, 1.82) is 0 Å². The molecule has 0 saturated heterocycles. The van der Waals surface area contributed by atoms with Crippen LogP contribution in [0.25, 0.3) is 0 Å². The zero-order valence-electron chi connectivity index (χ0n) is 12.1. The molecule has 0 bridgehead atoms. The van der Waals surface area contributed by atoms with Crippen molar-refractivity contribution in [3.8, 4) is 0 Å². The third kappa shape index (κ3) is 2.94. The Labute approximate surface area is 123 Å². The third-order valence-electron chi connectivity index (χ3n) is 3.55. The van der Waals surface area contributed by atoms with E-state index < -0.39 is 22.1 Å². The van der Waals surface area contributed by atoms with Gasteiger partial charge in [0.25, 0.3) is 0 Å². The number of carboxylic acids is 1. The van der Waals surface area contributed by atoms with Gasteiger partial charge >= 0.3 is 5.97 Å². The highest BCUT2D eigenvalue weighted by atomic mass is 32.2. The van der Waals surface area contributed by atoms with Crippen molar-refractivity contribution in [2.45, 2.75) is 44.8 Å². The summed E-state index contributed by atoms with van der Waals surface area (Å²) in [6.07, 6.45) is 10.2. The van der Waals surface area contributed by atoms with Crippen LogP contribution in [0, 0.1) is 5.92 Å². The number of carbonyl (C=O) groups is 1. The van der Waals surface area contributed by atoms with Crippen molar-refractivity contribution >= 4 is 17.3 Å². The summed E-state index contributed by atoms with van der Waals surface area (Å²) in [6, 6.07) is 0. The Kier molecular flexibility index (Phi) is 4.30. The topological polar surface area (TPSA) is 63.6 Å². The van der Waals surface area contributed by atoms with Gasteiger partial charge in [0.1, 0.15) is 4.75 Å². The normalized spacial score (nSPS) is 21.7. The Morgan fingerprint density at radius 1 is 1.40 bits per heavy atom. The summed E-state index contributed by atoms with van der Waals surface area (Å²) in [4.78, 5) is 11.7. The second kappa shape index (κ2) is 5.66. The Balaban J connectivity index is 2.45. The molecular formula is C15H21NO3S. The smallest absolute Gasteiger partial charge is 0.357 e. The van der Waals surface area contributed by atoms with E-state index in [1.165, 1.54) is 4.31 Å². The number of allylic oxidation sites excluding steroid dienone is 4. The van der Waals surface area contributed by atoms with E-state index in [9.17, 15) is 14.5 Å². The first-order valence-electron chi connectivity index (χ1n) is 6.86. The van der Waals surface area contributed by atoms with E-state index in [1.807, 2.05) is 32.9 Å². The fourth-order valence-corrected chi connectivity index (χ4v) is 3.39. The van der Waals surface area contributed by atoms with Gasteiger partial charge in [-0.25, -0.2) is 4.79 Å². The Bertz CT molecular complexity index is 484. The van der Waals surface area contributed by atoms with Crippen molar-refractivity contribution in [1.82, 2.24) is 4.31 Å². The standard InChI is InChI=1S/C15H21NO3S/c1-15(2,3)20(19)16-10-5-4-9-12(11-7-6-8-11)13(16)14(17)18/h4-5,9-11H,6-8H2,1-3H3,(H,17,18). The molecule has 0 aromatic rings. The summed E-state index contributed by atoms with van der Waals surface area (Å²) in [6.45, 7) is 5.54. The van der Waals surface area contributed by atoms with Crippen LogP contribution in [0.3, 0.4) is 0 Å². The minimum atomic E-state index is -1.43. The lowest BCUT2D eigenvalue weighted by atomic mass is 9.78. The van der Waals surface area contributed by atoms with Gasteiger partial charge in [0, 0.05) is 0 Å². The molecule has 1 aliphatic heterocycles. The number of hydrogen-bond acceptors (Lipinski definition) is 3. The summed E-state index contributed by atoms with van der Waals surface area (Å²) in [5, 5.41) is 9.59. The quantitative estimate of drug-likeness (QED) is 0.813. The van der Waals surface area contributed by atoms with Crippen molar-refractivity contribution in [3.63, 3.8) is 0 Å². The summed E-state index contributed by atoms with van der Waals surface area (Å²) in [7, 11) is 0. The van der Waals surface area contributed by atoms with Gasteiger partial charge in [-0.1, -0.05) is 18.6 Å².